The van der Waals surface area contributed by atoms with Gasteiger partial charge in [-0.15, -0.1) is 0 Å². The van der Waals surface area contributed by atoms with Crippen molar-refractivity contribution in [1.29, 1.82) is 0 Å². The van der Waals surface area contributed by atoms with E-state index in [2.05, 4.69) is 52.1 Å². The number of aromatic nitrogens is 2. The van der Waals surface area contributed by atoms with E-state index in [1.165, 1.54) is 5.69 Å². The van der Waals surface area contributed by atoms with Gasteiger partial charge in [0.05, 0.1) is 19.7 Å². The van der Waals surface area contributed by atoms with Crippen LogP contribution in [0.15, 0.2) is 41.7 Å². The topological polar surface area (TPSA) is 54.7 Å². The fraction of sp³-hybridized carbons (Fsp3) is 0.444. The fourth-order valence-electron chi connectivity index (χ4n) is 2.39. The Labute approximate surface area is 144 Å². The lowest BCUT2D eigenvalue weighted by Crippen LogP contribution is -2.38. The second-order valence-corrected chi connectivity index (χ2v) is 5.57. The van der Waals surface area contributed by atoms with Crippen molar-refractivity contribution >= 4 is 5.96 Å². The number of aryl methyl sites for hydroxylation is 1. The number of nitrogens with one attached hydrogen (secondary N) is 1. The molecule has 6 nitrogen and oxygen atoms in total. The smallest absolute Gasteiger partial charge is 0.213 e. The third kappa shape index (κ3) is 5.01. The molecular weight excluding hydrogens is 302 g/mol. The molecule has 0 saturated carbocycles. The van der Waals surface area contributed by atoms with Crippen molar-refractivity contribution in [2.24, 2.45) is 12.0 Å². The average molecular weight is 329 g/mol. The van der Waals surface area contributed by atoms with Gasteiger partial charge < -0.3 is 19.5 Å². The van der Waals surface area contributed by atoms with Gasteiger partial charge in [-0.25, -0.2) is 9.98 Å². The number of hydrogen-bond acceptors (Lipinski definition) is 3. The first-order valence-corrected chi connectivity index (χ1v) is 8.31. The average Bonchev–Trinajstić information content (AvgIpc) is 2.97. The van der Waals surface area contributed by atoms with E-state index in [4.69, 9.17) is 9.73 Å². The normalized spacial score (nSPS) is 11.4. The fourth-order valence-corrected chi connectivity index (χ4v) is 2.39. The van der Waals surface area contributed by atoms with E-state index in [9.17, 15) is 0 Å². The number of guanidine groups is 1. The molecule has 0 amide bonds. The minimum absolute atomic E-state index is 0.586. The molecule has 24 heavy (non-hydrogen) atoms. The van der Waals surface area contributed by atoms with E-state index in [0.29, 0.717) is 19.0 Å². The number of pyridine rings is 1. The number of nitrogens with zero attached hydrogens (tertiary/aromatic N) is 4. The highest BCUT2D eigenvalue weighted by Crippen LogP contribution is 2.11. The number of aliphatic imine (C=N–C) groups is 1. The monoisotopic (exact) mass is 329 g/mol. The highest BCUT2D eigenvalue weighted by molar-refractivity contribution is 5.79. The largest absolute Gasteiger partial charge is 0.478 e. The van der Waals surface area contributed by atoms with Gasteiger partial charge in [0.1, 0.15) is 0 Å². The maximum atomic E-state index is 5.44. The van der Waals surface area contributed by atoms with Crippen LogP contribution in [0.4, 0.5) is 0 Å². The van der Waals surface area contributed by atoms with Crippen LogP contribution in [0.3, 0.4) is 0 Å². The SMILES string of the molecule is CCNC(=NCc1ccnc(OCC)c1)N(C)Cc1cccn1C. The summed E-state index contributed by atoms with van der Waals surface area (Å²) in [4.78, 5) is 11.1. The van der Waals surface area contributed by atoms with Crippen molar-refractivity contribution in [3.05, 3.63) is 47.9 Å². The molecule has 0 aliphatic heterocycles. The molecule has 0 saturated heterocycles. The van der Waals surface area contributed by atoms with E-state index in [1.807, 2.05) is 26.1 Å². The zero-order valence-electron chi connectivity index (χ0n) is 15.0. The predicted molar refractivity (Wildman–Crippen MR) is 97.1 cm³/mol. The molecule has 6 heteroatoms. The third-order valence-electron chi connectivity index (χ3n) is 3.65. The van der Waals surface area contributed by atoms with Crippen LogP contribution >= 0.6 is 0 Å². The van der Waals surface area contributed by atoms with Gasteiger partial charge in [-0.2, -0.15) is 0 Å². The van der Waals surface area contributed by atoms with E-state index >= 15 is 0 Å². The van der Waals surface area contributed by atoms with Gasteiger partial charge in [-0.3, -0.25) is 0 Å². The lowest BCUT2D eigenvalue weighted by molar-refractivity contribution is 0.326. The van der Waals surface area contributed by atoms with Crippen LogP contribution in [0.25, 0.3) is 0 Å². The number of rotatable bonds is 7. The highest BCUT2D eigenvalue weighted by Gasteiger charge is 2.08. The van der Waals surface area contributed by atoms with Crippen LogP contribution in [0, 0.1) is 0 Å². The molecule has 130 valence electrons. The lowest BCUT2D eigenvalue weighted by Gasteiger charge is -2.22. The van der Waals surface area contributed by atoms with E-state index in [-0.39, 0.29) is 0 Å². The number of hydrogen-bond donors (Lipinski definition) is 1. The van der Waals surface area contributed by atoms with Crippen molar-refractivity contribution in [1.82, 2.24) is 19.8 Å². The van der Waals surface area contributed by atoms with Crippen LogP contribution < -0.4 is 10.1 Å². The van der Waals surface area contributed by atoms with Gasteiger partial charge in [-0.1, -0.05) is 0 Å². The summed E-state index contributed by atoms with van der Waals surface area (Å²) in [5.74, 6) is 1.53. The number of ether oxygens (including phenoxy) is 1. The van der Waals surface area contributed by atoms with Crippen molar-refractivity contribution in [3.8, 4) is 5.88 Å². The van der Waals surface area contributed by atoms with Crippen molar-refractivity contribution < 1.29 is 4.74 Å². The lowest BCUT2D eigenvalue weighted by atomic mass is 10.3. The van der Waals surface area contributed by atoms with Crippen molar-refractivity contribution in [2.75, 3.05) is 20.2 Å². The Morgan fingerprint density at radius 1 is 1.38 bits per heavy atom. The summed E-state index contributed by atoms with van der Waals surface area (Å²) in [5, 5.41) is 3.34. The molecular formula is C18H27N5O. The van der Waals surface area contributed by atoms with E-state index < -0.39 is 0 Å². The first-order valence-electron chi connectivity index (χ1n) is 8.31. The summed E-state index contributed by atoms with van der Waals surface area (Å²) < 4.78 is 7.57. The summed E-state index contributed by atoms with van der Waals surface area (Å²) in [6.45, 7) is 6.86. The molecule has 2 aromatic heterocycles. The zero-order chi connectivity index (χ0) is 17.4. The second kappa shape index (κ2) is 8.96. The molecule has 0 bridgehead atoms. The summed E-state index contributed by atoms with van der Waals surface area (Å²) in [5.41, 5.74) is 2.32. The molecule has 0 aliphatic rings. The molecule has 2 heterocycles. The standard InChI is InChI=1S/C18H27N5O/c1-5-19-18(23(4)14-16-8-7-11-22(16)3)21-13-15-9-10-20-17(12-15)24-6-2/h7-12H,5-6,13-14H2,1-4H3,(H,19,21). The van der Waals surface area contributed by atoms with E-state index in [1.54, 1.807) is 6.20 Å². The molecule has 0 radical (unpaired) electrons. The molecule has 0 fully saturated rings. The Hall–Kier alpha value is -2.50. The molecule has 0 aromatic carbocycles. The van der Waals surface area contributed by atoms with Crippen LogP contribution in [-0.2, 0) is 20.1 Å². The Kier molecular flexibility index (Phi) is 6.66. The molecule has 0 spiro atoms. The minimum atomic E-state index is 0.586. The minimum Gasteiger partial charge on any atom is -0.478 e. The maximum Gasteiger partial charge on any atom is 0.213 e. The van der Waals surface area contributed by atoms with Crippen LogP contribution in [0.1, 0.15) is 25.1 Å². The Morgan fingerprint density at radius 3 is 2.88 bits per heavy atom. The summed E-state index contributed by atoms with van der Waals surface area (Å²) >= 11 is 0. The van der Waals surface area contributed by atoms with Crippen LogP contribution in [0.5, 0.6) is 5.88 Å². The first kappa shape index (κ1) is 17.8. The van der Waals surface area contributed by atoms with Gasteiger partial charge in [0, 0.05) is 44.8 Å². The molecule has 1 N–H and O–H groups in total. The maximum absolute atomic E-state index is 5.44. The Morgan fingerprint density at radius 2 is 2.21 bits per heavy atom. The highest BCUT2D eigenvalue weighted by atomic mass is 16.5. The van der Waals surface area contributed by atoms with Gasteiger partial charge >= 0.3 is 0 Å². The van der Waals surface area contributed by atoms with Gasteiger partial charge in [0.2, 0.25) is 5.88 Å². The summed E-state index contributed by atoms with van der Waals surface area (Å²) in [7, 11) is 4.10. The molecule has 2 rings (SSSR count). The van der Waals surface area contributed by atoms with Crippen molar-refractivity contribution in [3.63, 3.8) is 0 Å². The first-order chi connectivity index (χ1) is 11.6. The molecule has 0 atom stereocenters. The summed E-state index contributed by atoms with van der Waals surface area (Å²) in [6.07, 6.45) is 3.82. The second-order valence-electron chi connectivity index (χ2n) is 5.57. The predicted octanol–water partition coefficient (Wildman–Crippen LogP) is 2.42. The quantitative estimate of drug-likeness (QED) is 0.626. The molecule has 0 aliphatic carbocycles. The Bertz CT molecular complexity index is 665. The Balaban J connectivity index is 2.07. The van der Waals surface area contributed by atoms with Crippen LogP contribution in [-0.4, -0.2) is 40.6 Å². The van der Waals surface area contributed by atoms with Crippen molar-refractivity contribution in [2.45, 2.75) is 26.9 Å². The summed E-state index contributed by atoms with van der Waals surface area (Å²) in [6, 6.07) is 8.08. The van der Waals surface area contributed by atoms with E-state index in [0.717, 1.165) is 24.6 Å². The molecule has 0 unspecified atom stereocenters. The third-order valence-corrected chi connectivity index (χ3v) is 3.65. The molecule has 2 aromatic rings. The van der Waals surface area contributed by atoms with Crippen LogP contribution in [0.2, 0.25) is 0 Å². The van der Waals surface area contributed by atoms with Gasteiger partial charge in [0.25, 0.3) is 0 Å². The van der Waals surface area contributed by atoms with Gasteiger partial charge in [-0.05, 0) is 37.6 Å². The zero-order valence-corrected chi connectivity index (χ0v) is 15.0. The van der Waals surface area contributed by atoms with Gasteiger partial charge in [0.15, 0.2) is 5.96 Å².